The Hall–Kier alpha value is -3.00. The SMILES string of the molecule is CCOC(=O)c1cc(CN2C(=O)c3ccccc3C2=O)sc1NC(C)=O. The number of fused-ring (bicyclic) bond motifs is 1. The summed E-state index contributed by atoms with van der Waals surface area (Å²) in [6.07, 6.45) is 0. The Morgan fingerprint density at radius 1 is 1.15 bits per heavy atom. The molecule has 0 radical (unpaired) electrons. The molecule has 26 heavy (non-hydrogen) atoms. The van der Waals surface area contributed by atoms with Gasteiger partial charge in [0, 0.05) is 11.8 Å². The maximum atomic E-state index is 12.5. The minimum atomic E-state index is -0.568. The van der Waals surface area contributed by atoms with Crippen LogP contribution in [0.2, 0.25) is 0 Å². The average Bonchev–Trinajstić information content (AvgIpc) is 3.10. The normalized spacial score (nSPS) is 12.9. The molecule has 1 aromatic carbocycles. The van der Waals surface area contributed by atoms with Gasteiger partial charge in [-0.15, -0.1) is 11.3 Å². The molecule has 1 N–H and O–H groups in total. The van der Waals surface area contributed by atoms with E-state index in [1.165, 1.54) is 13.0 Å². The Balaban J connectivity index is 1.89. The van der Waals surface area contributed by atoms with Crippen LogP contribution in [0.15, 0.2) is 30.3 Å². The van der Waals surface area contributed by atoms with E-state index in [2.05, 4.69) is 5.32 Å². The smallest absolute Gasteiger partial charge is 0.341 e. The highest BCUT2D eigenvalue weighted by atomic mass is 32.1. The Morgan fingerprint density at radius 2 is 1.77 bits per heavy atom. The number of nitrogens with one attached hydrogen (secondary N) is 1. The minimum absolute atomic E-state index is 0.0169. The van der Waals surface area contributed by atoms with E-state index in [9.17, 15) is 19.2 Å². The molecule has 3 amide bonds. The molecule has 0 fully saturated rings. The van der Waals surface area contributed by atoms with Crippen molar-refractivity contribution >= 4 is 40.0 Å². The van der Waals surface area contributed by atoms with Crippen LogP contribution < -0.4 is 5.32 Å². The predicted octanol–water partition coefficient (Wildman–Crippen LogP) is 2.68. The van der Waals surface area contributed by atoms with Crippen molar-refractivity contribution in [2.45, 2.75) is 20.4 Å². The van der Waals surface area contributed by atoms with Crippen LogP contribution in [0.5, 0.6) is 0 Å². The fraction of sp³-hybridized carbons (Fsp3) is 0.222. The zero-order valence-corrected chi connectivity index (χ0v) is 15.0. The van der Waals surface area contributed by atoms with Gasteiger partial charge in [0.2, 0.25) is 5.91 Å². The lowest BCUT2D eigenvalue weighted by Crippen LogP contribution is -2.28. The average molecular weight is 372 g/mol. The van der Waals surface area contributed by atoms with Gasteiger partial charge in [0.1, 0.15) is 5.00 Å². The van der Waals surface area contributed by atoms with E-state index in [4.69, 9.17) is 4.74 Å². The summed E-state index contributed by atoms with van der Waals surface area (Å²) in [6, 6.07) is 8.16. The van der Waals surface area contributed by atoms with Gasteiger partial charge in [0.25, 0.3) is 11.8 Å². The molecule has 1 aliphatic heterocycles. The van der Waals surface area contributed by atoms with Crippen molar-refractivity contribution in [3.8, 4) is 0 Å². The molecule has 0 atom stereocenters. The zero-order valence-electron chi connectivity index (χ0n) is 14.2. The van der Waals surface area contributed by atoms with Crippen LogP contribution in [0.1, 0.15) is 49.8 Å². The van der Waals surface area contributed by atoms with Gasteiger partial charge in [-0.25, -0.2) is 4.79 Å². The van der Waals surface area contributed by atoms with Crippen molar-refractivity contribution in [1.82, 2.24) is 4.90 Å². The van der Waals surface area contributed by atoms with E-state index < -0.39 is 5.97 Å². The number of rotatable bonds is 5. The molecule has 0 saturated carbocycles. The first-order valence-electron chi connectivity index (χ1n) is 7.95. The van der Waals surface area contributed by atoms with Crippen LogP contribution in [-0.2, 0) is 16.1 Å². The second kappa shape index (κ2) is 7.09. The van der Waals surface area contributed by atoms with Crippen molar-refractivity contribution < 1.29 is 23.9 Å². The summed E-state index contributed by atoms with van der Waals surface area (Å²) in [5.74, 6) is -1.65. The Morgan fingerprint density at radius 3 is 2.31 bits per heavy atom. The molecule has 1 aromatic heterocycles. The number of carbonyl (C=O) groups is 4. The number of benzene rings is 1. The van der Waals surface area contributed by atoms with Gasteiger partial charge in [-0.2, -0.15) is 0 Å². The molecular formula is C18H16N2O5S. The van der Waals surface area contributed by atoms with E-state index in [0.717, 1.165) is 16.2 Å². The molecule has 0 aliphatic carbocycles. The van der Waals surface area contributed by atoms with Crippen LogP contribution in [0.25, 0.3) is 0 Å². The van der Waals surface area contributed by atoms with Crippen LogP contribution in [-0.4, -0.2) is 35.2 Å². The largest absolute Gasteiger partial charge is 0.462 e. The number of hydrogen-bond acceptors (Lipinski definition) is 6. The van der Waals surface area contributed by atoms with E-state index in [0.29, 0.717) is 21.0 Å². The quantitative estimate of drug-likeness (QED) is 0.643. The molecule has 8 heteroatoms. The minimum Gasteiger partial charge on any atom is -0.462 e. The number of hydrogen-bond donors (Lipinski definition) is 1. The lowest BCUT2D eigenvalue weighted by molar-refractivity contribution is -0.114. The first-order chi connectivity index (χ1) is 12.4. The number of esters is 1. The number of ether oxygens (including phenoxy) is 1. The first kappa shape index (κ1) is 17.8. The topological polar surface area (TPSA) is 92.8 Å². The third kappa shape index (κ3) is 3.23. The van der Waals surface area contributed by atoms with Gasteiger partial charge < -0.3 is 10.1 Å². The van der Waals surface area contributed by atoms with Crippen molar-refractivity contribution in [3.63, 3.8) is 0 Å². The standard InChI is InChI=1S/C18H16N2O5S/c1-3-25-18(24)14-8-11(26-15(14)19-10(2)21)9-20-16(22)12-6-4-5-7-13(12)17(20)23/h4-8H,3,9H2,1-2H3,(H,19,21). The van der Waals surface area contributed by atoms with E-state index in [1.54, 1.807) is 31.2 Å². The molecule has 1 aliphatic rings. The lowest BCUT2D eigenvalue weighted by Gasteiger charge is -2.12. The van der Waals surface area contributed by atoms with Crippen LogP contribution >= 0.6 is 11.3 Å². The third-order valence-electron chi connectivity index (χ3n) is 3.76. The van der Waals surface area contributed by atoms with Crippen LogP contribution in [0.4, 0.5) is 5.00 Å². The molecular weight excluding hydrogens is 356 g/mol. The summed E-state index contributed by atoms with van der Waals surface area (Å²) in [5.41, 5.74) is 0.933. The zero-order chi connectivity index (χ0) is 18.8. The number of nitrogens with zero attached hydrogens (tertiary/aromatic N) is 1. The molecule has 0 spiro atoms. The monoisotopic (exact) mass is 372 g/mol. The molecule has 3 rings (SSSR count). The summed E-state index contributed by atoms with van der Waals surface area (Å²) in [5, 5.41) is 2.92. The van der Waals surface area contributed by atoms with E-state index >= 15 is 0 Å². The lowest BCUT2D eigenvalue weighted by atomic mass is 10.1. The van der Waals surface area contributed by atoms with Gasteiger partial charge in [-0.1, -0.05) is 12.1 Å². The van der Waals surface area contributed by atoms with Crippen molar-refractivity contribution in [2.24, 2.45) is 0 Å². The Bertz CT molecular complexity index is 883. The predicted molar refractivity (Wildman–Crippen MR) is 95.2 cm³/mol. The fourth-order valence-corrected chi connectivity index (χ4v) is 3.75. The first-order valence-corrected chi connectivity index (χ1v) is 8.76. The van der Waals surface area contributed by atoms with Gasteiger partial charge >= 0.3 is 5.97 Å². The number of carbonyl (C=O) groups excluding carboxylic acids is 4. The molecule has 0 unspecified atom stereocenters. The highest BCUT2D eigenvalue weighted by molar-refractivity contribution is 7.16. The molecule has 0 saturated heterocycles. The van der Waals surface area contributed by atoms with E-state index in [-0.39, 0.29) is 36.4 Å². The Labute approximate surface area is 153 Å². The number of amides is 3. The molecule has 0 bridgehead atoms. The second-order valence-electron chi connectivity index (χ2n) is 5.60. The maximum Gasteiger partial charge on any atom is 0.341 e. The highest BCUT2D eigenvalue weighted by Crippen LogP contribution is 2.32. The number of imide groups is 1. The third-order valence-corrected chi connectivity index (χ3v) is 4.80. The van der Waals surface area contributed by atoms with Crippen LogP contribution in [0.3, 0.4) is 0 Å². The van der Waals surface area contributed by atoms with Gasteiger partial charge in [-0.3, -0.25) is 19.3 Å². The Kier molecular flexibility index (Phi) is 4.85. The van der Waals surface area contributed by atoms with Crippen molar-refractivity contribution in [1.29, 1.82) is 0 Å². The summed E-state index contributed by atoms with van der Waals surface area (Å²) in [7, 11) is 0. The molecule has 2 aromatic rings. The van der Waals surface area contributed by atoms with Crippen LogP contribution in [0, 0.1) is 0 Å². The van der Waals surface area contributed by atoms with Gasteiger partial charge in [0.05, 0.1) is 29.8 Å². The van der Waals surface area contributed by atoms with Gasteiger partial charge in [-0.05, 0) is 25.1 Å². The summed E-state index contributed by atoms with van der Waals surface area (Å²) in [4.78, 5) is 50.1. The molecule has 7 nitrogen and oxygen atoms in total. The summed E-state index contributed by atoms with van der Waals surface area (Å²) >= 11 is 1.13. The number of anilines is 1. The highest BCUT2D eigenvalue weighted by Gasteiger charge is 2.35. The summed E-state index contributed by atoms with van der Waals surface area (Å²) < 4.78 is 5.00. The van der Waals surface area contributed by atoms with Crippen molar-refractivity contribution in [3.05, 3.63) is 51.9 Å². The molecule has 134 valence electrons. The summed E-state index contributed by atoms with van der Waals surface area (Å²) in [6.45, 7) is 3.23. The number of thiophene rings is 1. The fourth-order valence-electron chi connectivity index (χ4n) is 2.67. The van der Waals surface area contributed by atoms with Gasteiger partial charge in [0.15, 0.2) is 0 Å². The second-order valence-corrected chi connectivity index (χ2v) is 6.74. The maximum absolute atomic E-state index is 12.5. The van der Waals surface area contributed by atoms with E-state index in [1.807, 2.05) is 0 Å². The van der Waals surface area contributed by atoms with Crippen molar-refractivity contribution in [2.75, 3.05) is 11.9 Å². The molecule has 2 heterocycles.